The molecule has 1 heterocycles. The molecule has 1 aromatic heterocycles. The molecule has 0 bridgehead atoms. The van der Waals surface area contributed by atoms with Crippen molar-refractivity contribution in [2.45, 2.75) is 16.7 Å². The van der Waals surface area contributed by atoms with E-state index in [9.17, 15) is 4.79 Å². The number of Topliss-reactive ketones (excluding diaryl/α,β-unsaturated/α-hetero) is 1. The Morgan fingerprint density at radius 3 is 2.57 bits per heavy atom. The zero-order chi connectivity index (χ0) is 19.9. The van der Waals surface area contributed by atoms with Gasteiger partial charge in [-0.05, 0) is 35.9 Å². The van der Waals surface area contributed by atoms with Crippen LogP contribution in [0.3, 0.4) is 0 Å². The summed E-state index contributed by atoms with van der Waals surface area (Å²) in [5.41, 5.74) is 1.77. The first-order chi connectivity index (χ1) is 13.6. The molecule has 0 N–H and O–H groups in total. The number of hydrogen-bond donors (Lipinski definition) is 0. The van der Waals surface area contributed by atoms with Crippen LogP contribution in [-0.2, 0) is 18.6 Å². The second kappa shape index (κ2) is 10.0. The molecule has 0 fully saturated rings. The van der Waals surface area contributed by atoms with Crippen LogP contribution in [-0.4, -0.2) is 33.4 Å². The Morgan fingerprint density at radius 2 is 1.86 bits per heavy atom. The van der Waals surface area contributed by atoms with Crippen molar-refractivity contribution in [2.75, 3.05) is 12.9 Å². The third-order valence-corrected chi connectivity index (χ3v) is 6.48. The van der Waals surface area contributed by atoms with Crippen LogP contribution < -0.4 is 4.74 Å². The maximum atomic E-state index is 12.4. The molecule has 0 aliphatic rings. The average molecular weight is 434 g/mol. The van der Waals surface area contributed by atoms with Crippen molar-refractivity contribution in [1.82, 2.24) is 14.8 Å². The molecular weight excluding hydrogens is 414 g/mol. The topological polar surface area (TPSA) is 57.0 Å². The smallest absolute Gasteiger partial charge is 0.191 e. The molecule has 0 spiro atoms. The van der Waals surface area contributed by atoms with E-state index in [0.29, 0.717) is 11.3 Å². The molecular formula is C20H20ClN3O2S2. The summed E-state index contributed by atoms with van der Waals surface area (Å²) in [5.74, 6) is 3.50. The first kappa shape index (κ1) is 20.8. The molecule has 0 saturated heterocycles. The number of benzene rings is 2. The molecule has 0 unspecified atom stereocenters. The molecule has 8 heteroatoms. The molecule has 0 saturated carbocycles. The molecule has 0 aliphatic heterocycles. The highest BCUT2D eigenvalue weighted by Crippen LogP contribution is 2.24. The zero-order valence-electron chi connectivity index (χ0n) is 15.6. The Labute approximate surface area is 177 Å². The monoisotopic (exact) mass is 433 g/mol. The molecule has 3 aromatic rings. The van der Waals surface area contributed by atoms with Crippen molar-refractivity contribution in [3.8, 4) is 5.75 Å². The van der Waals surface area contributed by atoms with Crippen LogP contribution in [0, 0.1) is 0 Å². The van der Waals surface area contributed by atoms with E-state index in [1.807, 2.05) is 35.9 Å². The predicted molar refractivity (Wildman–Crippen MR) is 116 cm³/mol. The van der Waals surface area contributed by atoms with E-state index in [-0.39, 0.29) is 5.78 Å². The van der Waals surface area contributed by atoms with Crippen LogP contribution in [0.1, 0.15) is 21.7 Å². The van der Waals surface area contributed by atoms with Gasteiger partial charge >= 0.3 is 0 Å². The molecule has 0 radical (unpaired) electrons. The Kier molecular flexibility index (Phi) is 7.42. The molecule has 0 aliphatic carbocycles. The summed E-state index contributed by atoms with van der Waals surface area (Å²) >= 11 is 9.31. The second-order valence-corrected chi connectivity index (χ2v) is 8.32. The van der Waals surface area contributed by atoms with E-state index < -0.39 is 0 Å². The standard InChI is InChI=1S/C20H20ClN3O2S2/c1-24-19(13-27-11-15-5-3-4-6-17(15)21)22-23-20(24)28-12-18(25)14-7-9-16(26-2)10-8-14/h3-10H,11-13H2,1-2H3. The van der Waals surface area contributed by atoms with Crippen molar-refractivity contribution >= 4 is 40.9 Å². The van der Waals surface area contributed by atoms with Gasteiger partial charge in [0, 0.05) is 23.4 Å². The van der Waals surface area contributed by atoms with Gasteiger partial charge in [0.1, 0.15) is 11.6 Å². The van der Waals surface area contributed by atoms with Gasteiger partial charge in [-0.2, -0.15) is 0 Å². The Balaban J connectivity index is 1.52. The summed E-state index contributed by atoms with van der Waals surface area (Å²) in [6, 6.07) is 15.0. The van der Waals surface area contributed by atoms with Gasteiger partial charge in [-0.15, -0.1) is 22.0 Å². The van der Waals surface area contributed by atoms with Gasteiger partial charge in [0.05, 0.1) is 18.6 Å². The minimum absolute atomic E-state index is 0.0466. The van der Waals surface area contributed by atoms with Gasteiger partial charge in [0.25, 0.3) is 0 Å². The fraction of sp³-hybridized carbons (Fsp3) is 0.250. The number of hydrogen-bond acceptors (Lipinski definition) is 6. The summed E-state index contributed by atoms with van der Waals surface area (Å²) in [7, 11) is 3.52. The predicted octanol–water partition coefficient (Wildman–Crippen LogP) is 4.89. The molecule has 0 atom stereocenters. The minimum atomic E-state index is 0.0466. The second-order valence-electron chi connectivity index (χ2n) is 5.98. The van der Waals surface area contributed by atoms with Gasteiger partial charge in [0.15, 0.2) is 10.9 Å². The number of nitrogens with zero attached hydrogens (tertiary/aromatic N) is 3. The lowest BCUT2D eigenvalue weighted by atomic mass is 10.1. The lowest BCUT2D eigenvalue weighted by Crippen LogP contribution is -2.04. The van der Waals surface area contributed by atoms with Gasteiger partial charge in [0.2, 0.25) is 0 Å². The van der Waals surface area contributed by atoms with E-state index in [0.717, 1.165) is 38.8 Å². The Hall–Kier alpha value is -1.96. The molecule has 28 heavy (non-hydrogen) atoms. The molecule has 5 nitrogen and oxygen atoms in total. The van der Waals surface area contributed by atoms with Crippen LogP contribution >= 0.6 is 35.1 Å². The van der Waals surface area contributed by atoms with E-state index in [1.165, 1.54) is 11.8 Å². The van der Waals surface area contributed by atoms with E-state index in [1.54, 1.807) is 43.1 Å². The van der Waals surface area contributed by atoms with Crippen molar-refractivity contribution in [3.63, 3.8) is 0 Å². The number of carbonyl (C=O) groups is 1. The van der Waals surface area contributed by atoms with Crippen LogP contribution in [0.4, 0.5) is 0 Å². The average Bonchev–Trinajstić information content (AvgIpc) is 3.07. The lowest BCUT2D eigenvalue weighted by molar-refractivity contribution is 0.102. The van der Waals surface area contributed by atoms with E-state index in [2.05, 4.69) is 10.2 Å². The molecule has 3 rings (SSSR count). The van der Waals surface area contributed by atoms with E-state index in [4.69, 9.17) is 16.3 Å². The molecule has 146 valence electrons. The van der Waals surface area contributed by atoms with Crippen molar-refractivity contribution < 1.29 is 9.53 Å². The summed E-state index contributed by atoms with van der Waals surface area (Å²) in [5, 5.41) is 9.98. The number of carbonyl (C=O) groups excluding carboxylic acids is 1. The fourth-order valence-corrected chi connectivity index (χ4v) is 4.57. The van der Waals surface area contributed by atoms with Crippen LogP contribution in [0.2, 0.25) is 5.02 Å². The quantitative estimate of drug-likeness (QED) is 0.354. The SMILES string of the molecule is COc1ccc(C(=O)CSc2nnc(CSCc3ccccc3Cl)n2C)cc1. The number of thioether (sulfide) groups is 2. The summed E-state index contributed by atoms with van der Waals surface area (Å²) in [4.78, 5) is 12.4. The first-order valence-electron chi connectivity index (χ1n) is 8.58. The lowest BCUT2D eigenvalue weighted by Gasteiger charge is -2.05. The number of methoxy groups -OCH3 is 1. The third kappa shape index (κ3) is 5.31. The first-order valence-corrected chi connectivity index (χ1v) is 11.1. The maximum absolute atomic E-state index is 12.4. The number of aromatic nitrogens is 3. The van der Waals surface area contributed by atoms with E-state index >= 15 is 0 Å². The zero-order valence-corrected chi connectivity index (χ0v) is 18.0. The van der Waals surface area contributed by atoms with Crippen LogP contribution in [0.15, 0.2) is 53.7 Å². The highest BCUT2D eigenvalue weighted by atomic mass is 35.5. The normalized spacial score (nSPS) is 10.8. The number of halogens is 1. The maximum Gasteiger partial charge on any atom is 0.191 e. The van der Waals surface area contributed by atoms with Crippen molar-refractivity contribution in [3.05, 3.63) is 70.5 Å². The molecule has 0 amide bonds. The van der Waals surface area contributed by atoms with Gasteiger partial charge in [-0.3, -0.25) is 4.79 Å². The van der Waals surface area contributed by atoms with Gasteiger partial charge < -0.3 is 9.30 Å². The third-order valence-electron chi connectivity index (χ3n) is 4.12. The highest BCUT2D eigenvalue weighted by Gasteiger charge is 2.13. The Bertz CT molecular complexity index is 945. The molecule has 2 aromatic carbocycles. The number of ether oxygens (including phenoxy) is 1. The fourth-order valence-electron chi connectivity index (χ4n) is 2.45. The highest BCUT2D eigenvalue weighted by molar-refractivity contribution is 7.99. The summed E-state index contributed by atoms with van der Waals surface area (Å²) in [6.45, 7) is 0. The number of rotatable bonds is 9. The van der Waals surface area contributed by atoms with Crippen molar-refractivity contribution in [2.24, 2.45) is 7.05 Å². The summed E-state index contributed by atoms with van der Waals surface area (Å²) < 4.78 is 7.05. The van der Waals surface area contributed by atoms with Crippen LogP contribution in [0.25, 0.3) is 0 Å². The Morgan fingerprint density at radius 1 is 1.11 bits per heavy atom. The minimum Gasteiger partial charge on any atom is -0.497 e. The largest absolute Gasteiger partial charge is 0.497 e. The van der Waals surface area contributed by atoms with Crippen LogP contribution in [0.5, 0.6) is 5.75 Å². The number of ketones is 1. The summed E-state index contributed by atoms with van der Waals surface area (Å²) in [6.07, 6.45) is 0. The van der Waals surface area contributed by atoms with Crippen molar-refractivity contribution in [1.29, 1.82) is 0 Å². The van der Waals surface area contributed by atoms with Gasteiger partial charge in [-0.25, -0.2) is 0 Å². The van der Waals surface area contributed by atoms with Gasteiger partial charge in [-0.1, -0.05) is 41.6 Å².